The van der Waals surface area contributed by atoms with E-state index in [2.05, 4.69) is 9.47 Å². The van der Waals surface area contributed by atoms with Crippen LogP contribution < -0.4 is 0 Å². The molecule has 0 saturated heterocycles. The number of rotatable bonds is 0. The van der Waals surface area contributed by atoms with Gasteiger partial charge in [0.1, 0.15) is 5.76 Å². The fourth-order valence-electron chi connectivity index (χ4n) is 1.58. The average Bonchev–Trinajstić information content (AvgIpc) is 2.30. The van der Waals surface area contributed by atoms with Crippen molar-refractivity contribution in [2.75, 3.05) is 0 Å². The molecule has 0 aromatic carbocycles. The van der Waals surface area contributed by atoms with Crippen LogP contribution in [0.2, 0.25) is 0 Å². The molecule has 0 saturated carbocycles. The van der Waals surface area contributed by atoms with Crippen LogP contribution >= 0.6 is 0 Å². The van der Waals surface area contributed by atoms with Crippen LogP contribution in [0.3, 0.4) is 0 Å². The summed E-state index contributed by atoms with van der Waals surface area (Å²) in [6.45, 7) is 4.05. The van der Waals surface area contributed by atoms with Gasteiger partial charge in [0.05, 0.1) is 0 Å². The molecule has 2 aliphatic rings. The van der Waals surface area contributed by atoms with Gasteiger partial charge in [-0.05, 0) is 17.9 Å². The molecule has 2 atom stereocenters. The highest BCUT2D eigenvalue weighted by Gasteiger charge is 2.45. The standard InChI is InChI=1S/C10H12F2O2/c1-6-3-4-8-9(5-7(6)2)14-10(11,12)13-8/h3-4,6-7H,5H2,1-2H3. The number of ether oxygens (including phenoxy) is 2. The Kier molecular flexibility index (Phi) is 2.01. The summed E-state index contributed by atoms with van der Waals surface area (Å²) in [7, 11) is 0. The summed E-state index contributed by atoms with van der Waals surface area (Å²) in [5.74, 6) is 1.08. The van der Waals surface area contributed by atoms with Gasteiger partial charge >= 0.3 is 6.29 Å². The molecule has 4 heteroatoms. The zero-order valence-electron chi connectivity index (χ0n) is 8.09. The molecule has 0 amide bonds. The van der Waals surface area contributed by atoms with E-state index in [9.17, 15) is 8.78 Å². The molecule has 1 aliphatic heterocycles. The fourth-order valence-corrected chi connectivity index (χ4v) is 1.58. The molecular weight excluding hydrogens is 190 g/mol. The van der Waals surface area contributed by atoms with E-state index in [1.807, 2.05) is 19.9 Å². The molecule has 2 rings (SSSR count). The second-order valence-corrected chi connectivity index (χ2v) is 3.85. The first-order chi connectivity index (χ1) is 6.48. The molecule has 0 aromatic heterocycles. The largest absolute Gasteiger partial charge is 0.585 e. The molecule has 0 radical (unpaired) electrons. The lowest BCUT2D eigenvalue weighted by molar-refractivity contribution is -0.337. The van der Waals surface area contributed by atoms with Gasteiger partial charge < -0.3 is 9.47 Å². The normalized spacial score (nSPS) is 34.6. The second-order valence-electron chi connectivity index (χ2n) is 3.85. The van der Waals surface area contributed by atoms with Crippen LogP contribution in [-0.4, -0.2) is 6.29 Å². The van der Waals surface area contributed by atoms with Crippen molar-refractivity contribution in [3.05, 3.63) is 23.7 Å². The van der Waals surface area contributed by atoms with Gasteiger partial charge in [-0.1, -0.05) is 19.9 Å². The molecule has 0 aromatic rings. The maximum Gasteiger partial charge on any atom is 0.585 e. The van der Waals surface area contributed by atoms with Crippen molar-refractivity contribution >= 4 is 0 Å². The third-order valence-corrected chi connectivity index (χ3v) is 2.70. The Hall–Kier alpha value is -1.06. The van der Waals surface area contributed by atoms with Gasteiger partial charge in [0.2, 0.25) is 0 Å². The summed E-state index contributed by atoms with van der Waals surface area (Å²) in [6, 6.07) is 0. The van der Waals surface area contributed by atoms with E-state index < -0.39 is 6.29 Å². The van der Waals surface area contributed by atoms with Crippen molar-refractivity contribution in [3.8, 4) is 0 Å². The van der Waals surface area contributed by atoms with E-state index in [0.717, 1.165) is 0 Å². The molecule has 0 fully saturated rings. The fraction of sp³-hybridized carbons (Fsp3) is 0.600. The SMILES string of the molecule is CC1C=CC2=C(CC1C)OC(F)(F)O2. The first kappa shape index (κ1) is 9.49. The van der Waals surface area contributed by atoms with Crippen molar-refractivity contribution in [1.29, 1.82) is 0 Å². The molecule has 0 bridgehead atoms. The highest BCUT2D eigenvalue weighted by Crippen LogP contribution is 2.39. The average molecular weight is 202 g/mol. The predicted octanol–water partition coefficient (Wildman–Crippen LogP) is 3.03. The van der Waals surface area contributed by atoms with Crippen LogP contribution in [0.15, 0.2) is 23.7 Å². The Morgan fingerprint density at radius 3 is 2.79 bits per heavy atom. The smallest absolute Gasteiger partial charge is 0.400 e. The summed E-state index contributed by atoms with van der Waals surface area (Å²) in [5, 5.41) is 0. The lowest BCUT2D eigenvalue weighted by Gasteiger charge is -2.15. The zero-order chi connectivity index (χ0) is 10.3. The Morgan fingerprint density at radius 1 is 1.36 bits per heavy atom. The number of hydrogen-bond acceptors (Lipinski definition) is 2. The maximum atomic E-state index is 12.7. The summed E-state index contributed by atoms with van der Waals surface area (Å²) in [4.78, 5) is 0. The van der Waals surface area contributed by atoms with E-state index in [4.69, 9.17) is 0 Å². The summed E-state index contributed by atoms with van der Waals surface area (Å²) < 4.78 is 34.2. The number of alkyl halides is 2. The van der Waals surface area contributed by atoms with Gasteiger partial charge in [0, 0.05) is 6.42 Å². The highest BCUT2D eigenvalue weighted by molar-refractivity contribution is 5.22. The maximum absolute atomic E-state index is 12.7. The Labute approximate surface area is 81.2 Å². The first-order valence-corrected chi connectivity index (χ1v) is 4.65. The van der Waals surface area contributed by atoms with Crippen LogP contribution in [0.25, 0.3) is 0 Å². The van der Waals surface area contributed by atoms with Gasteiger partial charge in [-0.25, -0.2) is 0 Å². The van der Waals surface area contributed by atoms with Crippen molar-refractivity contribution in [2.24, 2.45) is 11.8 Å². The van der Waals surface area contributed by atoms with E-state index in [-0.39, 0.29) is 17.4 Å². The molecule has 14 heavy (non-hydrogen) atoms. The molecule has 2 unspecified atom stereocenters. The third kappa shape index (κ3) is 1.61. The lowest BCUT2D eigenvalue weighted by atomic mass is 9.93. The van der Waals surface area contributed by atoms with Crippen LogP contribution in [0.4, 0.5) is 8.78 Å². The predicted molar refractivity (Wildman–Crippen MR) is 46.2 cm³/mol. The molecular formula is C10H12F2O2. The number of allylic oxidation sites excluding steroid dienone is 3. The van der Waals surface area contributed by atoms with E-state index in [1.165, 1.54) is 0 Å². The van der Waals surface area contributed by atoms with Crippen LogP contribution in [0, 0.1) is 11.8 Å². The minimum atomic E-state index is -3.48. The quantitative estimate of drug-likeness (QED) is 0.601. The van der Waals surface area contributed by atoms with Gasteiger partial charge in [0.25, 0.3) is 0 Å². The zero-order valence-corrected chi connectivity index (χ0v) is 8.09. The Bertz CT molecular complexity index is 307. The molecule has 78 valence electrons. The molecule has 2 nitrogen and oxygen atoms in total. The van der Waals surface area contributed by atoms with Gasteiger partial charge in [0.15, 0.2) is 5.76 Å². The minimum absolute atomic E-state index is 0.172. The van der Waals surface area contributed by atoms with E-state index in [1.54, 1.807) is 6.08 Å². The van der Waals surface area contributed by atoms with E-state index >= 15 is 0 Å². The Morgan fingerprint density at radius 2 is 2.07 bits per heavy atom. The van der Waals surface area contributed by atoms with Crippen molar-refractivity contribution in [3.63, 3.8) is 0 Å². The van der Waals surface area contributed by atoms with Crippen LogP contribution in [-0.2, 0) is 9.47 Å². The second kappa shape index (κ2) is 2.97. The number of halogens is 2. The highest BCUT2D eigenvalue weighted by atomic mass is 19.3. The van der Waals surface area contributed by atoms with E-state index in [0.29, 0.717) is 12.3 Å². The summed E-state index contributed by atoms with van der Waals surface area (Å²) in [5.41, 5.74) is 0. The third-order valence-electron chi connectivity index (χ3n) is 2.70. The van der Waals surface area contributed by atoms with Crippen molar-refractivity contribution in [1.82, 2.24) is 0 Å². The van der Waals surface area contributed by atoms with Gasteiger partial charge in [-0.15, -0.1) is 8.78 Å². The van der Waals surface area contributed by atoms with Crippen molar-refractivity contribution < 1.29 is 18.3 Å². The van der Waals surface area contributed by atoms with Gasteiger partial charge in [-0.3, -0.25) is 0 Å². The molecule has 1 heterocycles. The van der Waals surface area contributed by atoms with Gasteiger partial charge in [-0.2, -0.15) is 0 Å². The molecule has 1 aliphatic carbocycles. The first-order valence-electron chi connectivity index (χ1n) is 4.65. The summed E-state index contributed by atoms with van der Waals surface area (Å²) >= 11 is 0. The molecule has 0 spiro atoms. The molecule has 0 N–H and O–H groups in total. The topological polar surface area (TPSA) is 18.5 Å². The number of hydrogen-bond donors (Lipinski definition) is 0. The minimum Gasteiger partial charge on any atom is -0.400 e. The van der Waals surface area contributed by atoms with Crippen molar-refractivity contribution in [2.45, 2.75) is 26.6 Å². The van der Waals surface area contributed by atoms with Crippen LogP contribution in [0.1, 0.15) is 20.3 Å². The lowest BCUT2D eigenvalue weighted by Crippen LogP contribution is -2.17. The summed E-state index contributed by atoms with van der Waals surface area (Å²) in [6.07, 6.45) is 0.469. The Balaban J connectivity index is 2.22. The van der Waals surface area contributed by atoms with Crippen LogP contribution in [0.5, 0.6) is 0 Å². The monoisotopic (exact) mass is 202 g/mol.